The highest BCUT2D eigenvalue weighted by atomic mass is 16.5. The highest BCUT2D eigenvalue weighted by Crippen LogP contribution is 2.35. The second kappa shape index (κ2) is 7.08. The highest BCUT2D eigenvalue weighted by molar-refractivity contribution is 5.47. The lowest BCUT2D eigenvalue weighted by Crippen LogP contribution is -2.20. The molecule has 0 aliphatic rings. The van der Waals surface area contributed by atoms with Crippen molar-refractivity contribution in [2.75, 3.05) is 13.7 Å². The van der Waals surface area contributed by atoms with E-state index in [1.54, 1.807) is 25.2 Å². The molecule has 21 heavy (non-hydrogen) atoms. The van der Waals surface area contributed by atoms with E-state index >= 15 is 0 Å². The normalized spacial score (nSPS) is 12.2. The summed E-state index contributed by atoms with van der Waals surface area (Å²) < 4.78 is 12.9. The molecule has 0 saturated carbocycles. The molecular formula is C15H22N4O2. The maximum atomic E-state index is 5.81. The van der Waals surface area contributed by atoms with Crippen LogP contribution in [0.3, 0.4) is 0 Å². The molecule has 0 saturated heterocycles. The fraction of sp³-hybridized carbons (Fsp3) is 0.467. The van der Waals surface area contributed by atoms with Gasteiger partial charge in [-0.1, -0.05) is 13.0 Å². The van der Waals surface area contributed by atoms with Crippen molar-refractivity contribution in [3.63, 3.8) is 0 Å². The van der Waals surface area contributed by atoms with E-state index in [0.29, 0.717) is 11.8 Å². The molecule has 1 atom stereocenters. The number of nitrogens with one attached hydrogen (secondary N) is 1. The van der Waals surface area contributed by atoms with E-state index < -0.39 is 0 Å². The summed E-state index contributed by atoms with van der Waals surface area (Å²) in [5, 5.41) is 7.59. The van der Waals surface area contributed by atoms with E-state index in [1.165, 1.54) is 0 Å². The number of methoxy groups -OCH3 is 1. The molecule has 2 rings (SSSR count). The van der Waals surface area contributed by atoms with E-state index in [-0.39, 0.29) is 6.04 Å². The molecule has 1 heterocycles. The van der Waals surface area contributed by atoms with Crippen molar-refractivity contribution >= 4 is 0 Å². The van der Waals surface area contributed by atoms with Crippen LogP contribution in [0.25, 0.3) is 0 Å². The second-order valence-electron chi connectivity index (χ2n) is 4.85. The van der Waals surface area contributed by atoms with E-state index in [9.17, 15) is 0 Å². The Labute approximate surface area is 125 Å². The molecule has 1 unspecified atom stereocenters. The van der Waals surface area contributed by atoms with Gasteiger partial charge in [-0.25, -0.2) is 0 Å². The lowest BCUT2D eigenvalue weighted by atomic mass is 10.1. The number of rotatable bonds is 7. The minimum Gasteiger partial charge on any atom is -0.496 e. The van der Waals surface area contributed by atoms with Gasteiger partial charge in [0, 0.05) is 13.1 Å². The zero-order valence-electron chi connectivity index (χ0n) is 13.0. The lowest BCUT2D eigenvalue weighted by molar-refractivity contribution is 0.383. The van der Waals surface area contributed by atoms with Crippen LogP contribution in [0.2, 0.25) is 0 Å². The zero-order chi connectivity index (χ0) is 15.2. The summed E-state index contributed by atoms with van der Waals surface area (Å²) >= 11 is 0. The Kier molecular flexibility index (Phi) is 5.16. The van der Waals surface area contributed by atoms with Crippen LogP contribution in [0, 0.1) is 0 Å². The minimum atomic E-state index is 0.111. The standard InChI is InChI=1S/C15H22N4O2/c1-5-9-16-11(2)14-12(20-4)7-6-8-13(14)21-15-17-10-19(3)18-15/h6-8,10-11,16H,5,9H2,1-4H3. The van der Waals surface area contributed by atoms with Gasteiger partial charge in [0.15, 0.2) is 0 Å². The molecule has 6 nitrogen and oxygen atoms in total. The van der Waals surface area contributed by atoms with Crippen molar-refractivity contribution in [1.82, 2.24) is 20.1 Å². The van der Waals surface area contributed by atoms with E-state index in [4.69, 9.17) is 9.47 Å². The third kappa shape index (κ3) is 3.72. The van der Waals surface area contributed by atoms with Gasteiger partial charge in [0.1, 0.15) is 17.8 Å². The summed E-state index contributed by atoms with van der Waals surface area (Å²) in [5.41, 5.74) is 0.973. The molecule has 0 spiro atoms. The Bertz CT molecular complexity index is 583. The van der Waals surface area contributed by atoms with Gasteiger partial charge in [0.05, 0.1) is 12.7 Å². The van der Waals surface area contributed by atoms with Crippen LogP contribution < -0.4 is 14.8 Å². The first-order chi connectivity index (χ1) is 10.2. The first-order valence-corrected chi connectivity index (χ1v) is 7.09. The lowest BCUT2D eigenvalue weighted by Gasteiger charge is -2.19. The monoisotopic (exact) mass is 290 g/mol. The third-order valence-electron chi connectivity index (χ3n) is 3.16. The average Bonchev–Trinajstić information content (AvgIpc) is 2.89. The van der Waals surface area contributed by atoms with Gasteiger partial charge >= 0.3 is 6.01 Å². The molecule has 0 fully saturated rings. The third-order valence-corrected chi connectivity index (χ3v) is 3.16. The number of hydrogen-bond acceptors (Lipinski definition) is 5. The average molecular weight is 290 g/mol. The largest absolute Gasteiger partial charge is 0.496 e. The molecule has 114 valence electrons. The Morgan fingerprint density at radius 2 is 2.10 bits per heavy atom. The Hall–Kier alpha value is -2.08. The summed E-state index contributed by atoms with van der Waals surface area (Å²) in [4.78, 5) is 4.10. The van der Waals surface area contributed by atoms with Crippen molar-refractivity contribution in [2.24, 2.45) is 7.05 Å². The summed E-state index contributed by atoms with van der Waals surface area (Å²) in [7, 11) is 3.46. The number of nitrogens with zero attached hydrogens (tertiary/aromatic N) is 3. The maximum absolute atomic E-state index is 5.81. The van der Waals surface area contributed by atoms with Gasteiger partial charge in [0.2, 0.25) is 0 Å². The van der Waals surface area contributed by atoms with Crippen molar-refractivity contribution < 1.29 is 9.47 Å². The van der Waals surface area contributed by atoms with Crippen LogP contribution in [0.4, 0.5) is 0 Å². The smallest absolute Gasteiger partial charge is 0.340 e. The van der Waals surface area contributed by atoms with E-state index in [1.807, 2.05) is 18.2 Å². The molecule has 0 aliphatic carbocycles. The van der Waals surface area contributed by atoms with Crippen LogP contribution in [-0.4, -0.2) is 28.4 Å². The van der Waals surface area contributed by atoms with Gasteiger partial charge in [0.25, 0.3) is 0 Å². The van der Waals surface area contributed by atoms with Gasteiger partial charge in [-0.3, -0.25) is 4.68 Å². The summed E-state index contributed by atoms with van der Waals surface area (Å²) in [6.07, 6.45) is 2.67. The topological polar surface area (TPSA) is 61.2 Å². The molecule has 0 bridgehead atoms. The molecule has 6 heteroatoms. The molecular weight excluding hydrogens is 268 g/mol. The summed E-state index contributed by atoms with van der Waals surface area (Å²) in [5.74, 6) is 1.50. The van der Waals surface area contributed by atoms with Crippen LogP contribution in [-0.2, 0) is 7.05 Å². The number of aromatic nitrogens is 3. The quantitative estimate of drug-likeness (QED) is 0.849. The molecule has 1 aromatic carbocycles. The Morgan fingerprint density at radius 1 is 1.33 bits per heavy atom. The van der Waals surface area contributed by atoms with Crippen molar-refractivity contribution in [3.8, 4) is 17.5 Å². The first kappa shape index (κ1) is 15.3. The van der Waals surface area contributed by atoms with Crippen molar-refractivity contribution in [1.29, 1.82) is 0 Å². The number of hydrogen-bond donors (Lipinski definition) is 1. The number of benzene rings is 1. The Balaban J connectivity index is 2.30. The number of aryl methyl sites for hydroxylation is 1. The minimum absolute atomic E-state index is 0.111. The number of ether oxygens (including phenoxy) is 2. The van der Waals surface area contributed by atoms with Crippen LogP contribution in [0.15, 0.2) is 24.5 Å². The Morgan fingerprint density at radius 3 is 2.71 bits per heavy atom. The summed E-state index contributed by atoms with van der Waals surface area (Å²) in [6.45, 7) is 5.16. The fourth-order valence-electron chi connectivity index (χ4n) is 2.15. The second-order valence-corrected chi connectivity index (χ2v) is 4.85. The molecule has 1 N–H and O–H groups in total. The van der Waals surface area contributed by atoms with Gasteiger partial charge < -0.3 is 14.8 Å². The van der Waals surface area contributed by atoms with Gasteiger partial charge in [-0.05, 0) is 32.0 Å². The fourth-order valence-corrected chi connectivity index (χ4v) is 2.15. The SMILES string of the molecule is CCCNC(C)c1c(OC)cccc1Oc1ncn(C)n1. The van der Waals surface area contributed by atoms with Crippen LogP contribution in [0.1, 0.15) is 31.9 Å². The predicted molar refractivity (Wildman–Crippen MR) is 80.8 cm³/mol. The van der Waals surface area contributed by atoms with E-state index in [2.05, 4.69) is 29.2 Å². The molecule has 0 radical (unpaired) electrons. The van der Waals surface area contributed by atoms with Crippen LogP contribution >= 0.6 is 0 Å². The van der Waals surface area contributed by atoms with Gasteiger partial charge in [-0.15, -0.1) is 5.10 Å². The predicted octanol–water partition coefficient (Wildman–Crippen LogP) is 2.68. The molecule has 0 aliphatic heterocycles. The van der Waals surface area contributed by atoms with E-state index in [0.717, 1.165) is 24.3 Å². The van der Waals surface area contributed by atoms with Crippen molar-refractivity contribution in [3.05, 3.63) is 30.1 Å². The molecule has 2 aromatic rings. The molecule has 1 aromatic heterocycles. The highest BCUT2D eigenvalue weighted by Gasteiger charge is 2.18. The van der Waals surface area contributed by atoms with Gasteiger partial charge in [-0.2, -0.15) is 4.98 Å². The molecule has 0 amide bonds. The van der Waals surface area contributed by atoms with Crippen molar-refractivity contribution in [2.45, 2.75) is 26.3 Å². The first-order valence-electron chi connectivity index (χ1n) is 7.09. The zero-order valence-corrected chi connectivity index (χ0v) is 13.0. The maximum Gasteiger partial charge on any atom is 0.340 e. The van der Waals surface area contributed by atoms with Crippen LogP contribution in [0.5, 0.6) is 17.5 Å². The summed E-state index contributed by atoms with van der Waals surface area (Å²) in [6, 6.07) is 6.17.